The molecule has 2 aromatic rings. The van der Waals surface area contributed by atoms with E-state index in [-0.39, 0.29) is 5.75 Å². The van der Waals surface area contributed by atoms with Crippen molar-refractivity contribution in [3.8, 4) is 11.5 Å². The van der Waals surface area contributed by atoms with E-state index in [4.69, 9.17) is 16.3 Å². The maximum Gasteiger partial charge on any atom is 0.119 e. The fourth-order valence-electron chi connectivity index (χ4n) is 1.79. The van der Waals surface area contributed by atoms with Crippen LogP contribution in [0.5, 0.6) is 11.5 Å². The van der Waals surface area contributed by atoms with E-state index in [9.17, 15) is 5.11 Å². The van der Waals surface area contributed by atoms with Gasteiger partial charge in [0.1, 0.15) is 11.5 Å². The number of rotatable bonds is 4. The van der Waals surface area contributed by atoms with Gasteiger partial charge in [0, 0.05) is 5.02 Å². The summed E-state index contributed by atoms with van der Waals surface area (Å²) in [6.07, 6.45) is 0.694. The summed E-state index contributed by atoms with van der Waals surface area (Å²) in [4.78, 5) is 0. The molecule has 0 aromatic heterocycles. The molecule has 3 heteroatoms. The fraction of sp³-hybridized carbons (Fsp3) is 0.200. The van der Waals surface area contributed by atoms with Crippen molar-refractivity contribution in [2.24, 2.45) is 0 Å². The average molecular weight is 263 g/mol. The number of benzene rings is 2. The van der Waals surface area contributed by atoms with Gasteiger partial charge in [-0.25, -0.2) is 0 Å². The van der Waals surface area contributed by atoms with Crippen molar-refractivity contribution < 1.29 is 9.84 Å². The van der Waals surface area contributed by atoms with Crippen LogP contribution in [-0.4, -0.2) is 11.7 Å². The molecule has 94 valence electrons. The van der Waals surface area contributed by atoms with Gasteiger partial charge in [0.15, 0.2) is 0 Å². The summed E-state index contributed by atoms with van der Waals surface area (Å²) < 4.78 is 5.39. The van der Waals surface area contributed by atoms with E-state index in [0.29, 0.717) is 18.1 Å². The Balaban J connectivity index is 2.15. The SMILES string of the molecule is CCOc1ccc(Cc2cc(O)ccc2Cl)cc1. The third-order valence-electron chi connectivity index (χ3n) is 2.66. The summed E-state index contributed by atoms with van der Waals surface area (Å²) in [5.41, 5.74) is 2.05. The molecule has 0 saturated heterocycles. The molecular weight excluding hydrogens is 248 g/mol. The largest absolute Gasteiger partial charge is 0.508 e. The standard InChI is InChI=1S/C15H15ClO2/c1-2-18-14-6-3-11(4-7-14)9-12-10-13(17)5-8-15(12)16/h3-8,10,17H,2,9H2,1H3. The minimum atomic E-state index is 0.236. The van der Waals surface area contributed by atoms with E-state index >= 15 is 0 Å². The highest BCUT2D eigenvalue weighted by Crippen LogP contribution is 2.24. The van der Waals surface area contributed by atoms with Crippen LogP contribution in [0.15, 0.2) is 42.5 Å². The highest BCUT2D eigenvalue weighted by Gasteiger charge is 2.03. The predicted molar refractivity (Wildman–Crippen MR) is 73.5 cm³/mol. The van der Waals surface area contributed by atoms with Crippen molar-refractivity contribution in [3.63, 3.8) is 0 Å². The second-order valence-corrected chi connectivity index (χ2v) is 4.44. The number of ether oxygens (including phenoxy) is 1. The Kier molecular flexibility index (Phi) is 4.11. The molecule has 2 rings (SSSR count). The lowest BCUT2D eigenvalue weighted by Crippen LogP contribution is -1.93. The predicted octanol–water partition coefficient (Wildman–Crippen LogP) is 4.04. The molecule has 0 fully saturated rings. The zero-order chi connectivity index (χ0) is 13.0. The molecule has 0 aliphatic heterocycles. The van der Waals surface area contributed by atoms with Crippen molar-refractivity contribution >= 4 is 11.6 Å². The van der Waals surface area contributed by atoms with Gasteiger partial charge < -0.3 is 9.84 Å². The molecule has 0 heterocycles. The first-order valence-corrected chi connectivity index (χ1v) is 6.26. The Morgan fingerprint density at radius 2 is 1.83 bits per heavy atom. The van der Waals surface area contributed by atoms with Gasteiger partial charge in [0.2, 0.25) is 0 Å². The summed E-state index contributed by atoms with van der Waals surface area (Å²) in [6, 6.07) is 12.9. The summed E-state index contributed by atoms with van der Waals surface area (Å²) in [5, 5.41) is 10.1. The Hall–Kier alpha value is -1.67. The molecule has 0 unspecified atom stereocenters. The highest BCUT2D eigenvalue weighted by atomic mass is 35.5. The van der Waals surface area contributed by atoms with Crippen LogP contribution >= 0.6 is 11.6 Å². The highest BCUT2D eigenvalue weighted by molar-refractivity contribution is 6.31. The molecule has 0 aliphatic carbocycles. The maximum atomic E-state index is 9.45. The first-order chi connectivity index (χ1) is 8.69. The second-order valence-electron chi connectivity index (χ2n) is 4.03. The van der Waals surface area contributed by atoms with E-state index in [1.807, 2.05) is 31.2 Å². The number of hydrogen-bond acceptors (Lipinski definition) is 2. The summed E-state index contributed by atoms with van der Waals surface area (Å²) in [6.45, 7) is 2.62. The normalized spacial score (nSPS) is 10.3. The molecule has 0 atom stereocenters. The summed E-state index contributed by atoms with van der Waals surface area (Å²) in [7, 11) is 0. The van der Waals surface area contributed by atoms with Gasteiger partial charge in [-0.15, -0.1) is 0 Å². The molecular formula is C15H15ClO2. The minimum Gasteiger partial charge on any atom is -0.508 e. The van der Waals surface area contributed by atoms with Crippen LogP contribution in [0, 0.1) is 0 Å². The Morgan fingerprint density at radius 1 is 1.11 bits per heavy atom. The molecule has 0 spiro atoms. The maximum absolute atomic E-state index is 9.45. The van der Waals surface area contributed by atoms with Gasteiger partial charge in [0.05, 0.1) is 6.61 Å². The molecule has 2 nitrogen and oxygen atoms in total. The van der Waals surface area contributed by atoms with E-state index in [2.05, 4.69) is 0 Å². The lowest BCUT2D eigenvalue weighted by molar-refractivity contribution is 0.340. The van der Waals surface area contributed by atoms with E-state index in [0.717, 1.165) is 16.9 Å². The topological polar surface area (TPSA) is 29.5 Å². The Labute approximate surface area is 112 Å². The molecule has 0 bridgehead atoms. The number of hydrogen-bond donors (Lipinski definition) is 1. The molecule has 0 aliphatic rings. The van der Waals surface area contributed by atoms with Crippen LogP contribution < -0.4 is 4.74 Å². The summed E-state index contributed by atoms with van der Waals surface area (Å²) in [5.74, 6) is 1.10. The monoisotopic (exact) mass is 262 g/mol. The minimum absolute atomic E-state index is 0.236. The molecule has 18 heavy (non-hydrogen) atoms. The number of halogens is 1. The number of aromatic hydroxyl groups is 1. The molecule has 2 aromatic carbocycles. The third kappa shape index (κ3) is 3.17. The van der Waals surface area contributed by atoms with Crippen LogP contribution in [0.1, 0.15) is 18.1 Å². The summed E-state index contributed by atoms with van der Waals surface area (Å²) >= 11 is 6.09. The molecule has 0 saturated carbocycles. The average Bonchev–Trinajstić information content (AvgIpc) is 2.37. The smallest absolute Gasteiger partial charge is 0.119 e. The third-order valence-corrected chi connectivity index (χ3v) is 3.03. The first kappa shape index (κ1) is 12.8. The first-order valence-electron chi connectivity index (χ1n) is 5.88. The van der Waals surface area contributed by atoms with Crippen molar-refractivity contribution in [3.05, 3.63) is 58.6 Å². The zero-order valence-electron chi connectivity index (χ0n) is 10.2. The van der Waals surface area contributed by atoms with Crippen molar-refractivity contribution in [1.29, 1.82) is 0 Å². The van der Waals surface area contributed by atoms with Gasteiger partial charge in [0.25, 0.3) is 0 Å². The van der Waals surface area contributed by atoms with Crippen molar-refractivity contribution in [2.75, 3.05) is 6.61 Å². The fourth-order valence-corrected chi connectivity index (χ4v) is 1.97. The van der Waals surface area contributed by atoms with Gasteiger partial charge in [-0.2, -0.15) is 0 Å². The van der Waals surface area contributed by atoms with Gasteiger partial charge in [-0.1, -0.05) is 23.7 Å². The van der Waals surface area contributed by atoms with Gasteiger partial charge in [-0.3, -0.25) is 0 Å². The van der Waals surface area contributed by atoms with Crippen LogP contribution in [0.3, 0.4) is 0 Å². The van der Waals surface area contributed by atoms with Crippen LogP contribution in [0.4, 0.5) is 0 Å². The van der Waals surface area contributed by atoms with E-state index < -0.39 is 0 Å². The van der Waals surface area contributed by atoms with Gasteiger partial charge in [-0.05, 0) is 54.8 Å². The van der Waals surface area contributed by atoms with Crippen molar-refractivity contribution in [1.82, 2.24) is 0 Å². The second kappa shape index (κ2) is 5.78. The number of phenolic OH excluding ortho intramolecular Hbond substituents is 1. The quantitative estimate of drug-likeness (QED) is 0.901. The number of phenols is 1. The molecule has 0 amide bonds. The van der Waals surface area contributed by atoms with E-state index in [1.54, 1.807) is 18.2 Å². The van der Waals surface area contributed by atoms with Crippen LogP contribution in [-0.2, 0) is 6.42 Å². The zero-order valence-corrected chi connectivity index (χ0v) is 10.9. The lowest BCUT2D eigenvalue weighted by Gasteiger charge is -2.07. The Morgan fingerprint density at radius 3 is 2.50 bits per heavy atom. The Bertz CT molecular complexity index is 521. The van der Waals surface area contributed by atoms with Gasteiger partial charge >= 0.3 is 0 Å². The van der Waals surface area contributed by atoms with E-state index in [1.165, 1.54) is 0 Å². The van der Waals surface area contributed by atoms with Crippen LogP contribution in [0.25, 0.3) is 0 Å². The van der Waals surface area contributed by atoms with Crippen molar-refractivity contribution in [2.45, 2.75) is 13.3 Å². The van der Waals surface area contributed by atoms with Crippen LogP contribution in [0.2, 0.25) is 5.02 Å². The molecule has 0 radical (unpaired) electrons. The lowest BCUT2D eigenvalue weighted by atomic mass is 10.0. The molecule has 1 N–H and O–H groups in total.